The van der Waals surface area contributed by atoms with E-state index in [-0.39, 0.29) is 10.6 Å². The quantitative estimate of drug-likeness (QED) is 0.729. The fourth-order valence-electron chi connectivity index (χ4n) is 1.65. The van der Waals surface area contributed by atoms with E-state index in [0.29, 0.717) is 5.69 Å². The summed E-state index contributed by atoms with van der Waals surface area (Å²) < 4.78 is 28.5. The van der Waals surface area contributed by atoms with E-state index in [9.17, 15) is 18.0 Å². The number of hydrogen-bond acceptors (Lipinski definition) is 6. The summed E-state index contributed by atoms with van der Waals surface area (Å²) in [6, 6.07) is 6.72. The summed E-state index contributed by atoms with van der Waals surface area (Å²) in [6.45, 7) is -0.494. The highest BCUT2D eigenvalue weighted by Crippen LogP contribution is 2.12. The predicted molar refractivity (Wildman–Crippen MR) is 79.9 cm³/mol. The van der Waals surface area contributed by atoms with Gasteiger partial charge in [-0.05, 0) is 30.3 Å². The van der Waals surface area contributed by atoms with Crippen LogP contribution in [0.1, 0.15) is 10.5 Å². The summed E-state index contributed by atoms with van der Waals surface area (Å²) in [4.78, 5) is 23.2. The summed E-state index contributed by atoms with van der Waals surface area (Å²) in [5.74, 6) is -1.29. The van der Waals surface area contributed by atoms with Crippen LogP contribution < -0.4 is 10.5 Å². The van der Waals surface area contributed by atoms with Crippen molar-refractivity contribution >= 4 is 27.6 Å². The second-order valence-electron chi connectivity index (χ2n) is 4.57. The van der Waals surface area contributed by atoms with E-state index in [1.807, 2.05) is 0 Å². The van der Waals surface area contributed by atoms with Crippen LogP contribution in [-0.4, -0.2) is 36.7 Å². The van der Waals surface area contributed by atoms with Crippen LogP contribution in [0.3, 0.4) is 0 Å². The number of carbonyl (C=O) groups excluding carboxylic acids is 2. The van der Waals surface area contributed by atoms with Gasteiger partial charge in [0, 0.05) is 18.9 Å². The van der Waals surface area contributed by atoms with Crippen molar-refractivity contribution in [2.45, 2.75) is 4.90 Å². The van der Waals surface area contributed by atoms with Crippen LogP contribution in [0.5, 0.6) is 0 Å². The molecule has 1 aromatic carbocycles. The number of amides is 1. The largest absolute Gasteiger partial charge is 0.451 e. The number of nitrogens with one attached hydrogen (secondary N) is 1. The van der Waals surface area contributed by atoms with E-state index in [1.165, 1.54) is 35.0 Å². The van der Waals surface area contributed by atoms with Crippen LogP contribution in [0.4, 0.5) is 5.69 Å². The molecule has 23 heavy (non-hydrogen) atoms. The number of aryl methyl sites for hydroxylation is 1. The number of ether oxygens (including phenoxy) is 1. The Morgan fingerprint density at radius 1 is 1.26 bits per heavy atom. The summed E-state index contributed by atoms with van der Waals surface area (Å²) in [6.07, 6.45) is 1.57. The minimum absolute atomic E-state index is 0.0721. The molecule has 0 fully saturated rings. The molecule has 9 nitrogen and oxygen atoms in total. The first kappa shape index (κ1) is 16.6. The number of primary sulfonamides is 1. The van der Waals surface area contributed by atoms with Crippen molar-refractivity contribution in [3.05, 3.63) is 42.2 Å². The molecule has 0 atom stereocenters. The standard InChI is InChI=1S/C13H14N4O5S/c1-17-7-6-11(16-17)13(19)22-8-12(18)15-9-2-4-10(5-3-9)23(14,20)21/h2-7H,8H2,1H3,(H,15,18)(H2,14,20,21). The minimum Gasteiger partial charge on any atom is -0.451 e. The number of anilines is 1. The van der Waals surface area contributed by atoms with Gasteiger partial charge in [0.15, 0.2) is 12.3 Å². The smallest absolute Gasteiger partial charge is 0.359 e. The van der Waals surface area contributed by atoms with Gasteiger partial charge < -0.3 is 10.1 Å². The van der Waals surface area contributed by atoms with Crippen molar-refractivity contribution < 1.29 is 22.7 Å². The number of benzene rings is 1. The molecule has 122 valence electrons. The van der Waals surface area contributed by atoms with Crippen molar-refractivity contribution in [2.24, 2.45) is 12.2 Å². The molecule has 2 rings (SSSR count). The number of rotatable bonds is 5. The number of sulfonamides is 1. The van der Waals surface area contributed by atoms with Gasteiger partial charge in [-0.25, -0.2) is 18.4 Å². The van der Waals surface area contributed by atoms with E-state index in [4.69, 9.17) is 9.88 Å². The van der Waals surface area contributed by atoms with Gasteiger partial charge in [-0.2, -0.15) is 5.10 Å². The first-order valence-corrected chi connectivity index (χ1v) is 7.90. The number of nitrogens with two attached hydrogens (primary N) is 1. The molecule has 0 saturated carbocycles. The Morgan fingerprint density at radius 3 is 2.43 bits per heavy atom. The van der Waals surface area contributed by atoms with E-state index in [1.54, 1.807) is 13.2 Å². The van der Waals surface area contributed by atoms with Crippen molar-refractivity contribution in [1.29, 1.82) is 0 Å². The number of esters is 1. The molecule has 0 saturated heterocycles. The van der Waals surface area contributed by atoms with Gasteiger partial charge in [-0.15, -0.1) is 0 Å². The number of aromatic nitrogens is 2. The zero-order valence-corrected chi connectivity index (χ0v) is 12.9. The molecule has 1 amide bonds. The van der Waals surface area contributed by atoms with Crippen molar-refractivity contribution in [2.75, 3.05) is 11.9 Å². The third-order valence-corrected chi connectivity index (χ3v) is 3.65. The Hall–Kier alpha value is -2.72. The first-order chi connectivity index (χ1) is 10.8. The second-order valence-corrected chi connectivity index (χ2v) is 6.13. The van der Waals surface area contributed by atoms with E-state index in [2.05, 4.69) is 10.4 Å². The molecule has 0 bridgehead atoms. The first-order valence-electron chi connectivity index (χ1n) is 6.35. The van der Waals surface area contributed by atoms with Crippen molar-refractivity contribution in [3.63, 3.8) is 0 Å². The highest BCUT2D eigenvalue weighted by molar-refractivity contribution is 7.89. The number of hydrogen-bond donors (Lipinski definition) is 2. The highest BCUT2D eigenvalue weighted by atomic mass is 32.2. The van der Waals surface area contributed by atoms with Gasteiger partial charge in [0.25, 0.3) is 5.91 Å². The molecule has 2 aromatic rings. The zero-order valence-electron chi connectivity index (χ0n) is 12.1. The van der Waals surface area contributed by atoms with Gasteiger partial charge in [-0.1, -0.05) is 0 Å². The van der Waals surface area contributed by atoms with Crippen LogP contribution in [0.25, 0.3) is 0 Å². The molecule has 0 aliphatic carbocycles. The van der Waals surface area contributed by atoms with Gasteiger partial charge in [0.05, 0.1) is 4.90 Å². The average molecular weight is 338 g/mol. The minimum atomic E-state index is -3.79. The van der Waals surface area contributed by atoms with Gasteiger partial charge >= 0.3 is 5.97 Å². The van der Waals surface area contributed by atoms with Gasteiger partial charge in [0.1, 0.15) is 0 Å². The Kier molecular flexibility index (Phi) is 4.77. The van der Waals surface area contributed by atoms with E-state index < -0.39 is 28.5 Å². The summed E-state index contributed by atoms with van der Waals surface area (Å²) >= 11 is 0. The molecule has 3 N–H and O–H groups in total. The summed E-state index contributed by atoms with van der Waals surface area (Å²) in [5.41, 5.74) is 0.439. The normalized spacial score (nSPS) is 11.0. The van der Waals surface area contributed by atoms with E-state index >= 15 is 0 Å². The summed E-state index contributed by atoms with van der Waals surface area (Å²) in [5, 5.41) is 11.3. The Morgan fingerprint density at radius 2 is 1.91 bits per heavy atom. The molecular formula is C13H14N4O5S. The topological polar surface area (TPSA) is 133 Å². The summed E-state index contributed by atoms with van der Waals surface area (Å²) in [7, 11) is -2.14. The zero-order chi connectivity index (χ0) is 17.0. The lowest BCUT2D eigenvalue weighted by molar-refractivity contribution is -0.119. The molecule has 0 aliphatic heterocycles. The molecule has 1 heterocycles. The van der Waals surface area contributed by atoms with Crippen LogP contribution in [0.15, 0.2) is 41.4 Å². The lowest BCUT2D eigenvalue weighted by Crippen LogP contribution is -2.21. The molecular weight excluding hydrogens is 324 g/mol. The SMILES string of the molecule is Cn1ccc(C(=O)OCC(=O)Nc2ccc(S(N)(=O)=O)cc2)n1. The Balaban J connectivity index is 1.88. The molecule has 0 unspecified atom stereocenters. The van der Waals surface area contributed by atoms with Crippen molar-refractivity contribution in [1.82, 2.24) is 9.78 Å². The van der Waals surface area contributed by atoms with Gasteiger partial charge in [0.2, 0.25) is 10.0 Å². The van der Waals surface area contributed by atoms with Crippen LogP contribution in [-0.2, 0) is 26.6 Å². The maximum absolute atomic E-state index is 11.7. The van der Waals surface area contributed by atoms with Crippen LogP contribution >= 0.6 is 0 Å². The van der Waals surface area contributed by atoms with Crippen LogP contribution in [0.2, 0.25) is 0 Å². The fourth-order valence-corrected chi connectivity index (χ4v) is 2.17. The molecule has 0 spiro atoms. The monoisotopic (exact) mass is 338 g/mol. The molecule has 0 radical (unpaired) electrons. The Bertz CT molecular complexity index is 826. The number of nitrogens with zero attached hydrogens (tertiary/aromatic N) is 2. The maximum Gasteiger partial charge on any atom is 0.359 e. The second kappa shape index (κ2) is 6.58. The molecule has 1 aromatic heterocycles. The average Bonchev–Trinajstić information content (AvgIpc) is 2.91. The van der Waals surface area contributed by atoms with E-state index in [0.717, 1.165) is 0 Å². The third-order valence-electron chi connectivity index (χ3n) is 2.72. The fraction of sp³-hybridized carbons (Fsp3) is 0.154. The Labute approximate surface area is 132 Å². The molecule has 10 heteroatoms. The number of carbonyl (C=O) groups is 2. The highest BCUT2D eigenvalue weighted by Gasteiger charge is 2.13. The third kappa shape index (κ3) is 4.63. The lowest BCUT2D eigenvalue weighted by Gasteiger charge is -2.06. The lowest BCUT2D eigenvalue weighted by atomic mass is 10.3. The predicted octanol–water partition coefficient (Wildman–Crippen LogP) is -0.137. The van der Waals surface area contributed by atoms with Gasteiger partial charge in [-0.3, -0.25) is 9.48 Å². The molecule has 0 aliphatic rings. The van der Waals surface area contributed by atoms with Crippen molar-refractivity contribution in [3.8, 4) is 0 Å². The van der Waals surface area contributed by atoms with Crippen LogP contribution in [0, 0.1) is 0 Å². The maximum atomic E-state index is 11.7.